The van der Waals surface area contributed by atoms with Crippen molar-refractivity contribution in [1.29, 1.82) is 0 Å². The van der Waals surface area contributed by atoms with Crippen molar-refractivity contribution in [2.45, 2.75) is 44.7 Å². The quantitative estimate of drug-likeness (QED) is 0.730. The van der Waals surface area contributed by atoms with Gasteiger partial charge in [-0.25, -0.2) is 4.98 Å². The summed E-state index contributed by atoms with van der Waals surface area (Å²) >= 11 is 0. The van der Waals surface area contributed by atoms with Gasteiger partial charge in [-0.1, -0.05) is 6.07 Å². The Kier molecular flexibility index (Phi) is 5.13. The standard InChI is InChI=1S/C17H26N4O2/c1-12(17(22)23)19-15-7-10-21(11-15)9-6-14-5-4-13-3-2-8-18-16(13)20-14/h4-5,12,15,19H,2-3,6-11H2,1H3,(H,18,20)(H,22,23)/t12?,15-/m0/s1. The van der Waals surface area contributed by atoms with E-state index in [2.05, 4.69) is 27.7 Å². The van der Waals surface area contributed by atoms with E-state index in [1.54, 1.807) is 6.92 Å². The largest absolute Gasteiger partial charge is 0.480 e. The first-order valence-electron chi connectivity index (χ1n) is 8.55. The van der Waals surface area contributed by atoms with Gasteiger partial charge in [0.25, 0.3) is 0 Å². The molecule has 0 radical (unpaired) electrons. The predicted molar refractivity (Wildman–Crippen MR) is 89.8 cm³/mol. The van der Waals surface area contributed by atoms with Crippen molar-refractivity contribution in [3.8, 4) is 0 Å². The summed E-state index contributed by atoms with van der Waals surface area (Å²) in [5.74, 6) is 0.277. The van der Waals surface area contributed by atoms with Gasteiger partial charge in [0.15, 0.2) is 0 Å². The fourth-order valence-corrected chi connectivity index (χ4v) is 3.38. The van der Waals surface area contributed by atoms with E-state index in [9.17, 15) is 4.79 Å². The Hall–Kier alpha value is -1.66. The summed E-state index contributed by atoms with van der Waals surface area (Å²) in [4.78, 5) is 18.0. The minimum atomic E-state index is -0.783. The zero-order valence-electron chi connectivity index (χ0n) is 13.7. The smallest absolute Gasteiger partial charge is 0.320 e. The number of nitrogens with zero attached hydrogens (tertiary/aromatic N) is 2. The van der Waals surface area contributed by atoms with Gasteiger partial charge in [-0.15, -0.1) is 0 Å². The second-order valence-corrected chi connectivity index (χ2v) is 6.60. The zero-order chi connectivity index (χ0) is 16.2. The Balaban J connectivity index is 1.47. The first-order valence-corrected chi connectivity index (χ1v) is 8.55. The highest BCUT2D eigenvalue weighted by Crippen LogP contribution is 2.20. The molecule has 0 aliphatic carbocycles. The average molecular weight is 318 g/mol. The lowest BCUT2D eigenvalue weighted by Gasteiger charge is -2.20. The summed E-state index contributed by atoms with van der Waals surface area (Å²) in [5.41, 5.74) is 2.46. The Bertz CT molecular complexity index is 564. The molecule has 6 heteroatoms. The van der Waals surface area contributed by atoms with Gasteiger partial charge >= 0.3 is 5.97 Å². The van der Waals surface area contributed by atoms with E-state index in [-0.39, 0.29) is 6.04 Å². The Morgan fingerprint density at radius 2 is 2.43 bits per heavy atom. The summed E-state index contributed by atoms with van der Waals surface area (Å²) in [6, 6.07) is 4.14. The Morgan fingerprint density at radius 3 is 3.26 bits per heavy atom. The lowest BCUT2D eigenvalue weighted by atomic mass is 10.1. The topological polar surface area (TPSA) is 77.5 Å². The Labute approximate surface area is 137 Å². The van der Waals surface area contributed by atoms with E-state index in [0.717, 1.165) is 57.0 Å². The highest BCUT2D eigenvalue weighted by molar-refractivity contribution is 5.72. The van der Waals surface area contributed by atoms with E-state index in [1.807, 2.05) is 0 Å². The number of carboxylic acid groups (broad SMARTS) is 1. The first-order chi connectivity index (χ1) is 11.1. The van der Waals surface area contributed by atoms with Crippen molar-refractivity contribution in [2.75, 3.05) is 31.5 Å². The van der Waals surface area contributed by atoms with Crippen LogP contribution < -0.4 is 10.6 Å². The molecule has 126 valence electrons. The van der Waals surface area contributed by atoms with Crippen LogP contribution in [0.4, 0.5) is 5.82 Å². The van der Waals surface area contributed by atoms with Crippen molar-refractivity contribution in [1.82, 2.24) is 15.2 Å². The van der Waals surface area contributed by atoms with Crippen LogP contribution in [0.2, 0.25) is 0 Å². The molecular weight excluding hydrogens is 292 g/mol. The van der Waals surface area contributed by atoms with Gasteiger partial charge in [0.05, 0.1) is 0 Å². The van der Waals surface area contributed by atoms with Crippen molar-refractivity contribution >= 4 is 11.8 Å². The van der Waals surface area contributed by atoms with E-state index in [1.165, 1.54) is 12.0 Å². The van der Waals surface area contributed by atoms with Gasteiger partial charge in [-0.3, -0.25) is 4.79 Å². The molecule has 0 bridgehead atoms. The number of rotatable bonds is 6. The second-order valence-electron chi connectivity index (χ2n) is 6.60. The van der Waals surface area contributed by atoms with Gasteiger partial charge in [0.2, 0.25) is 0 Å². The highest BCUT2D eigenvalue weighted by atomic mass is 16.4. The molecule has 3 rings (SSSR count). The van der Waals surface area contributed by atoms with Gasteiger partial charge < -0.3 is 20.6 Å². The third-order valence-corrected chi connectivity index (χ3v) is 4.76. The third kappa shape index (κ3) is 4.20. The Morgan fingerprint density at radius 1 is 1.57 bits per heavy atom. The molecule has 2 atom stereocenters. The molecule has 0 aromatic carbocycles. The maximum absolute atomic E-state index is 10.9. The van der Waals surface area contributed by atoms with Crippen LogP contribution in [0.25, 0.3) is 0 Å². The summed E-state index contributed by atoms with van der Waals surface area (Å²) in [5, 5.41) is 15.5. The molecule has 3 heterocycles. The number of nitrogens with one attached hydrogen (secondary N) is 2. The summed E-state index contributed by atoms with van der Waals surface area (Å²) < 4.78 is 0. The molecule has 2 aliphatic rings. The number of aliphatic carboxylic acids is 1. The van der Waals surface area contributed by atoms with Crippen LogP contribution in [0.3, 0.4) is 0 Å². The molecule has 23 heavy (non-hydrogen) atoms. The summed E-state index contributed by atoms with van der Waals surface area (Å²) in [7, 11) is 0. The zero-order valence-corrected chi connectivity index (χ0v) is 13.7. The number of carboxylic acids is 1. The molecule has 1 aromatic rings. The van der Waals surface area contributed by atoms with Crippen LogP contribution in [-0.4, -0.2) is 59.2 Å². The SMILES string of the molecule is CC(N[C@H]1CCN(CCc2ccc3c(n2)NCCC3)C1)C(=O)O. The fourth-order valence-electron chi connectivity index (χ4n) is 3.38. The van der Waals surface area contributed by atoms with E-state index in [4.69, 9.17) is 10.1 Å². The van der Waals surface area contributed by atoms with Gasteiger partial charge in [-0.05, 0) is 44.4 Å². The molecular formula is C17H26N4O2. The summed E-state index contributed by atoms with van der Waals surface area (Å²) in [6.45, 7) is 5.64. The molecule has 0 spiro atoms. The molecule has 1 fully saturated rings. The molecule has 0 amide bonds. The second kappa shape index (κ2) is 7.27. The summed E-state index contributed by atoms with van der Waals surface area (Å²) in [6.07, 6.45) is 4.26. The van der Waals surface area contributed by atoms with Crippen LogP contribution in [-0.2, 0) is 17.6 Å². The van der Waals surface area contributed by atoms with Crippen LogP contribution in [0.1, 0.15) is 31.0 Å². The van der Waals surface area contributed by atoms with E-state index < -0.39 is 12.0 Å². The maximum Gasteiger partial charge on any atom is 0.320 e. The van der Waals surface area contributed by atoms with Crippen molar-refractivity contribution in [3.05, 3.63) is 23.4 Å². The number of likely N-dealkylation sites (tertiary alicyclic amines) is 1. The minimum absolute atomic E-state index is 0.277. The van der Waals surface area contributed by atoms with E-state index in [0.29, 0.717) is 0 Å². The molecule has 0 saturated carbocycles. The number of anilines is 1. The lowest BCUT2D eigenvalue weighted by molar-refractivity contribution is -0.139. The van der Waals surface area contributed by atoms with Crippen LogP contribution in [0.5, 0.6) is 0 Å². The van der Waals surface area contributed by atoms with Crippen molar-refractivity contribution in [2.24, 2.45) is 0 Å². The average Bonchev–Trinajstić information content (AvgIpc) is 3.00. The molecule has 2 aliphatic heterocycles. The van der Waals surface area contributed by atoms with Gasteiger partial charge in [0, 0.05) is 37.8 Å². The lowest BCUT2D eigenvalue weighted by Crippen LogP contribution is -2.42. The normalized spacial score (nSPS) is 22.4. The number of aromatic nitrogens is 1. The van der Waals surface area contributed by atoms with Crippen LogP contribution in [0, 0.1) is 0 Å². The number of carbonyl (C=O) groups is 1. The molecule has 1 aromatic heterocycles. The van der Waals surface area contributed by atoms with E-state index >= 15 is 0 Å². The monoisotopic (exact) mass is 318 g/mol. The van der Waals surface area contributed by atoms with Gasteiger partial charge in [-0.2, -0.15) is 0 Å². The van der Waals surface area contributed by atoms with Gasteiger partial charge in [0.1, 0.15) is 11.9 Å². The van der Waals surface area contributed by atoms with Crippen LogP contribution >= 0.6 is 0 Å². The number of fused-ring (bicyclic) bond motifs is 1. The molecule has 1 unspecified atom stereocenters. The number of hydrogen-bond acceptors (Lipinski definition) is 5. The van der Waals surface area contributed by atoms with Crippen molar-refractivity contribution in [3.63, 3.8) is 0 Å². The van der Waals surface area contributed by atoms with Crippen LogP contribution in [0.15, 0.2) is 12.1 Å². The molecule has 6 nitrogen and oxygen atoms in total. The van der Waals surface area contributed by atoms with Crippen molar-refractivity contribution < 1.29 is 9.90 Å². The molecule has 1 saturated heterocycles. The number of aryl methyl sites for hydroxylation is 1. The predicted octanol–water partition coefficient (Wildman–Crippen LogP) is 1.12. The number of pyridine rings is 1. The fraction of sp³-hybridized carbons (Fsp3) is 0.647. The third-order valence-electron chi connectivity index (χ3n) is 4.76. The molecule has 3 N–H and O–H groups in total. The number of hydrogen-bond donors (Lipinski definition) is 3. The highest BCUT2D eigenvalue weighted by Gasteiger charge is 2.25. The first kappa shape index (κ1) is 16.2. The minimum Gasteiger partial charge on any atom is -0.480 e. The maximum atomic E-state index is 10.9.